The minimum absolute atomic E-state index is 0.138. The average molecular weight is 205 g/mol. The molecule has 1 aromatic rings. The number of nitrogen functional groups attached to an aromatic ring is 1. The fraction of sp³-hybridized carbons (Fsp3) is 0.143. The lowest BCUT2D eigenvalue weighted by molar-refractivity contribution is 0.415. The van der Waals surface area contributed by atoms with Gasteiger partial charge in [0.15, 0.2) is 0 Å². The fourth-order valence-electron chi connectivity index (χ4n) is 0.914. The number of rotatable bonds is 2. The number of ether oxygens (including phenoxy) is 1. The monoisotopic (exact) mass is 205 g/mol. The van der Waals surface area contributed by atoms with Gasteiger partial charge < -0.3 is 10.5 Å². The first-order valence-electron chi connectivity index (χ1n) is 3.34. The van der Waals surface area contributed by atoms with E-state index in [-0.39, 0.29) is 11.4 Å². The lowest BCUT2D eigenvalue weighted by Gasteiger charge is -2.05. The van der Waals surface area contributed by atoms with Gasteiger partial charge in [0.2, 0.25) is 0 Å². The molecule has 0 amide bonds. The summed E-state index contributed by atoms with van der Waals surface area (Å²) in [5.41, 5.74) is 5.12. The Morgan fingerprint density at radius 2 is 2.08 bits per heavy atom. The predicted octanol–water partition coefficient (Wildman–Crippen LogP) is 0.936. The van der Waals surface area contributed by atoms with Crippen molar-refractivity contribution in [1.29, 1.82) is 0 Å². The number of halogens is 1. The van der Waals surface area contributed by atoms with Gasteiger partial charge in [0.1, 0.15) is 10.6 Å². The molecule has 0 fully saturated rings. The second kappa shape index (κ2) is 3.21. The van der Waals surface area contributed by atoms with E-state index in [2.05, 4.69) is 0 Å². The molecule has 0 unspecified atom stereocenters. The Balaban J connectivity index is 3.41. The highest BCUT2D eigenvalue weighted by molar-refractivity contribution is 7.86. The van der Waals surface area contributed by atoms with Crippen molar-refractivity contribution in [1.82, 2.24) is 0 Å². The molecule has 0 bridgehead atoms. The molecule has 13 heavy (non-hydrogen) atoms. The van der Waals surface area contributed by atoms with Crippen LogP contribution in [-0.4, -0.2) is 15.5 Å². The normalized spacial score (nSPS) is 11.2. The number of anilines is 1. The zero-order valence-electron chi connectivity index (χ0n) is 6.82. The van der Waals surface area contributed by atoms with Crippen LogP contribution in [-0.2, 0) is 10.2 Å². The van der Waals surface area contributed by atoms with Gasteiger partial charge in [0.25, 0.3) is 0 Å². The Bertz CT molecular complexity index is 416. The van der Waals surface area contributed by atoms with Crippen LogP contribution in [0.3, 0.4) is 0 Å². The summed E-state index contributed by atoms with van der Waals surface area (Å²) in [6.07, 6.45) is 0. The topological polar surface area (TPSA) is 69.4 Å². The average Bonchev–Trinajstić information content (AvgIpc) is 2.02. The highest BCUT2D eigenvalue weighted by Gasteiger charge is 2.17. The van der Waals surface area contributed by atoms with Crippen LogP contribution >= 0.6 is 0 Å². The molecule has 6 heteroatoms. The zero-order valence-corrected chi connectivity index (χ0v) is 7.64. The van der Waals surface area contributed by atoms with Crippen LogP contribution in [0.1, 0.15) is 0 Å². The minimum atomic E-state index is -4.77. The van der Waals surface area contributed by atoms with Crippen LogP contribution in [0.4, 0.5) is 9.57 Å². The maximum absolute atomic E-state index is 12.5. The molecule has 0 aliphatic carbocycles. The Morgan fingerprint density at radius 1 is 1.46 bits per heavy atom. The summed E-state index contributed by atoms with van der Waals surface area (Å²) in [6, 6.07) is 3.87. The largest absolute Gasteiger partial charge is 0.495 e. The van der Waals surface area contributed by atoms with Gasteiger partial charge in [0, 0.05) is 0 Å². The molecule has 1 aromatic carbocycles. The number of benzene rings is 1. The van der Waals surface area contributed by atoms with Crippen LogP contribution in [0.15, 0.2) is 23.1 Å². The summed E-state index contributed by atoms with van der Waals surface area (Å²) in [6.45, 7) is 0. The third kappa shape index (κ3) is 1.89. The number of hydrogen-bond acceptors (Lipinski definition) is 4. The molecule has 72 valence electrons. The maximum Gasteiger partial charge on any atom is 0.334 e. The highest BCUT2D eigenvalue weighted by Crippen LogP contribution is 2.29. The van der Waals surface area contributed by atoms with E-state index in [9.17, 15) is 12.3 Å². The van der Waals surface area contributed by atoms with Crippen molar-refractivity contribution < 1.29 is 17.0 Å². The van der Waals surface area contributed by atoms with Crippen LogP contribution in [0, 0.1) is 0 Å². The molecule has 0 aromatic heterocycles. The highest BCUT2D eigenvalue weighted by atomic mass is 32.3. The number of methoxy groups -OCH3 is 1. The van der Waals surface area contributed by atoms with Gasteiger partial charge in [-0.3, -0.25) is 0 Å². The quantitative estimate of drug-likeness (QED) is 0.576. The van der Waals surface area contributed by atoms with E-state index in [1.54, 1.807) is 0 Å². The summed E-state index contributed by atoms with van der Waals surface area (Å²) >= 11 is 0. The first-order chi connectivity index (χ1) is 5.96. The summed E-state index contributed by atoms with van der Waals surface area (Å²) in [5.74, 6) is 0.138. The number of hydrogen-bond donors (Lipinski definition) is 1. The summed E-state index contributed by atoms with van der Waals surface area (Å²) in [5, 5.41) is 0. The molecule has 0 radical (unpaired) electrons. The van der Waals surface area contributed by atoms with E-state index in [1.807, 2.05) is 0 Å². The van der Waals surface area contributed by atoms with Crippen molar-refractivity contribution in [2.45, 2.75) is 4.90 Å². The molecular formula is C7H8FNO3S. The molecule has 2 N–H and O–H groups in total. The SMILES string of the molecule is COc1cccc(S(=O)(=O)F)c1N. The van der Waals surface area contributed by atoms with E-state index in [4.69, 9.17) is 10.5 Å². The fourth-order valence-corrected chi connectivity index (χ4v) is 1.52. The second-order valence-corrected chi connectivity index (χ2v) is 3.63. The van der Waals surface area contributed by atoms with Crippen molar-refractivity contribution in [2.75, 3.05) is 12.8 Å². The molecule has 0 saturated carbocycles. The van der Waals surface area contributed by atoms with Crippen molar-refractivity contribution >= 4 is 15.9 Å². The Hall–Kier alpha value is -1.30. The zero-order chi connectivity index (χ0) is 10.1. The van der Waals surface area contributed by atoms with E-state index in [0.29, 0.717) is 0 Å². The molecule has 4 nitrogen and oxygen atoms in total. The van der Waals surface area contributed by atoms with Crippen molar-refractivity contribution in [3.8, 4) is 5.75 Å². The Morgan fingerprint density at radius 3 is 2.54 bits per heavy atom. The predicted molar refractivity (Wildman–Crippen MR) is 45.7 cm³/mol. The van der Waals surface area contributed by atoms with Crippen LogP contribution in [0.2, 0.25) is 0 Å². The van der Waals surface area contributed by atoms with Crippen molar-refractivity contribution in [3.63, 3.8) is 0 Å². The summed E-state index contributed by atoms with van der Waals surface area (Å²) < 4.78 is 38.3. The number of nitrogens with two attached hydrogens (primary N) is 1. The molecule has 0 aliphatic heterocycles. The van der Waals surface area contributed by atoms with Gasteiger partial charge >= 0.3 is 10.2 Å². The van der Waals surface area contributed by atoms with Crippen LogP contribution in [0.25, 0.3) is 0 Å². The van der Waals surface area contributed by atoms with E-state index in [0.717, 1.165) is 6.07 Å². The molecule has 0 spiro atoms. The van der Waals surface area contributed by atoms with Crippen LogP contribution in [0.5, 0.6) is 5.75 Å². The van der Waals surface area contributed by atoms with E-state index >= 15 is 0 Å². The molecule has 0 atom stereocenters. The lowest BCUT2D eigenvalue weighted by atomic mass is 10.3. The van der Waals surface area contributed by atoms with Crippen molar-refractivity contribution in [2.24, 2.45) is 0 Å². The van der Waals surface area contributed by atoms with Gasteiger partial charge in [-0.05, 0) is 12.1 Å². The molecule has 0 aliphatic rings. The summed E-state index contributed by atoms with van der Waals surface area (Å²) in [7, 11) is -3.45. The third-order valence-electron chi connectivity index (χ3n) is 1.51. The lowest BCUT2D eigenvalue weighted by Crippen LogP contribution is -2.01. The first-order valence-corrected chi connectivity index (χ1v) is 4.72. The molecule has 0 heterocycles. The molecule has 0 saturated heterocycles. The smallest absolute Gasteiger partial charge is 0.334 e. The van der Waals surface area contributed by atoms with Gasteiger partial charge in [-0.15, -0.1) is 3.89 Å². The van der Waals surface area contributed by atoms with Gasteiger partial charge in [-0.25, -0.2) is 0 Å². The first kappa shape index (κ1) is 9.79. The number of para-hydroxylation sites is 1. The second-order valence-electron chi connectivity index (χ2n) is 2.31. The van der Waals surface area contributed by atoms with E-state index in [1.165, 1.54) is 19.2 Å². The van der Waals surface area contributed by atoms with Crippen LogP contribution < -0.4 is 10.5 Å². The van der Waals surface area contributed by atoms with Gasteiger partial charge in [-0.2, -0.15) is 8.42 Å². The molecular weight excluding hydrogens is 197 g/mol. The molecule has 1 rings (SSSR count). The maximum atomic E-state index is 12.5. The Labute approximate surface area is 75.3 Å². The third-order valence-corrected chi connectivity index (χ3v) is 2.39. The minimum Gasteiger partial charge on any atom is -0.495 e. The van der Waals surface area contributed by atoms with Gasteiger partial charge in [-0.1, -0.05) is 6.07 Å². The van der Waals surface area contributed by atoms with Crippen molar-refractivity contribution in [3.05, 3.63) is 18.2 Å². The van der Waals surface area contributed by atoms with Gasteiger partial charge in [0.05, 0.1) is 12.8 Å². The standard InChI is InChI=1S/C7H8FNO3S/c1-12-5-3-2-4-6(7(5)9)13(8,10)11/h2-4H,9H2,1H3. The Kier molecular flexibility index (Phi) is 2.42. The summed E-state index contributed by atoms with van der Waals surface area (Å²) in [4.78, 5) is -0.563. The van der Waals surface area contributed by atoms with E-state index < -0.39 is 15.1 Å².